The molecule has 0 spiro atoms. The van der Waals surface area contributed by atoms with Crippen molar-refractivity contribution in [2.24, 2.45) is 0 Å². The minimum absolute atomic E-state index is 0.0927. The third-order valence-corrected chi connectivity index (χ3v) is 3.95. The summed E-state index contributed by atoms with van der Waals surface area (Å²) >= 11 is 0. The van der Waals surface area contributed by atoms with Crippen LogP contribution in [0.2, 0.25) is 0 Å². The summed E-state index contributed by atoms with van der Waals surface area (Å²) in [5.41, 5.74) is 6.06. The number of hydrogen-bond acceptors (Lipinski definition) is 4. The number of anilines is 1. The summed E-state index contributed by atoms with van der Waals surface area (Å²) in [6, 6.07) is 13.4. The third kappa shape index (κ3) is 1.37. The van der Waals surface area contributed by atoms with Gasteiger partial charge in [0.2, 0.25) is 0 Å². The van der Waals surface area contributed by atoms with E-state index in [9.17, 15) is 4.79 Å². The van der Waals surface area contributed by atoms with E-state index in [1.165, 1.54) is 7.11 Å². The standard InChI is InChI=1S/C16H13NO3/c1-19-17-11-7-4-6-10-13(11)15(18)14-9-5-2-3-8-12(9)20-16(10)14/h2-8,14,16-17H,1H3. The molecule has 0 saturated heterocycles. The highest BCUT2D eigenvalue weighted by atomic mass is 16.6. The van der Waals surface area contributed by atoms with Crippen LogP contribution in [0.5, 0.6) is 5.75 Å². The number of ether oxygens (including phenoxy) is 1. The lowest BCUT2D eigenvalue weighted by Gasteiger charge is -2.11. The predicted octanol–water partition coefficient (Wildman–Crippen LogP) is 3.07. The van der Waals surface area contributed by atoms with Crippen LogP contribution < -0.4 is 10.2 Å². The fraction of sp³-hybridized carbons (Fsp3) is 0.188. The summed E-state index contributed by atoms with van der Waals surface area (Å²) in [5, 5.41) is 0. The number of benzene rings is 2. The van der Waals surface area contributed by atoms with Crippen LogP contribution in [0.25, 0.3) is 0 Å². The second-order valence-electron chi connectivity index (χ2n) is 4.99. The summed E-state index contributed by atoms with van der Waals surface area (Å²) in [7, 11) is 1.53. The molecule has 0 radical (unpaired) electrons. The number of fused-ring (bicyclic) bond motifs is 5. The van der Waals surface area contributed by atoms with Crippen molar-refractivity contribution in [3.8, 4) is 5.75 Å². The summed E-state index contributed by atoms with van der Waals surface area (Å²) in [5.74, 6) is 0.669. The maximum absolute atomic E-state index is 12.8. The normalized spacial score (nSPS) is 21.9. The second-order valence-corrected chi connectivity index (χ2v) is 4.99. The van der Waals surface area contributed by atoms with Gasteiger partial charge < -0.3 is 4.74 Å². The molecule has 0 fully saturated rings. The number of rotatable bonds is 2. The molecule has 0 amide bonds. The van der Waals surface area contributed by atoms with Crippen molar-refractivity contribution in [3.05, 3.63) is 59.2 Å². The molecule has 0 bridgehead atoms. The van der Waals surface area contributed by atoms with Gasteiger partial charge in [-0.3, -0.25) is 15.1 Å². The number of carbonyl (C=O) groups is 1. The van der Waals surface area contributed by atoms with E-state index in [0.29, 0.717) is 11.3 Å². The van der Waals surface area contributed by atoms with Gasteiger partial charge in [-0.2, -0.15) is 0 Å². The largest absolute Gasteiger partial charge is 0.484 e. The molecule has 4 nitrogen and oxygen atoms in total. The van der Waals surface area contributed by atoms with E-state index in [0.717, 1.165) is 16.9 Å². The molecular formula is C16H13NO3. The average molecular weight is 267 g/mol. The molecule has 2 unspecified atom stereocenters. The Morgan fingerprint density at radius 2 is 1.90 bits per heavy atom. The number of hydrogen-bond donors (Lipinski definition) is 1. The molecule has 1 aliphatic heterocycles. The van der Waals surface area contributed by atoms with E-state index in [4.69, 9.17) is 9.57 Å². The zero-order chi connectivity index (χ0) is 13.7. The molecule has 2 aromatic rings. The van der Waals surface area contributed by atoms with Crippen LogP contribution in [-0.2, 0) is 4.84 Å². The first-order chi connectivity index (χ1) is 9.81. The summed E-state index contributed by atoms with van der Waals surface area (Å²) in [4.78, 5) is 17.7. The van der Waals surface area contributed by atoms with Gasteiger partial charge in [0.15, 0.2) is 5.78 Å². The molecule has 1 N–H and O–H groups in total. The molecule has 4 heteroatoms. The Morgan fingerprint density at radius 3 is 2.75 bits per heavy atom. The van der Waals surface area contributed by atoms with Gasteiger partial charge >= 0.3 is 0 Å². The number of Topliss-reactive ketones (excluding diaryl/α,β-unsaturated/α-hetero) is 1. The fourth-order valence-corrected chi connectivity index (χ4v) is 3.17. The molecule has 1 heterocycles. The summed E-state index contributed by atoms with van der Waals surface area (Å²) < 4.78 is 5.97. The highest BCUT2D eigenvalue weighted by Gasteiger charge is 2.48. The Balaban J connectivity index is 1.87. The van der Waals surface area contributed by atoms with Crippen molar-refractivity contribution < 1.29 is 14.4 Å². The molecule has 100 valence electrons. The lowest BCUT2D eigenvalue weighted by atomic mass is 9.95. The van der Waals surface area contributed by atoms with Crippen LogP contribution >= 0.6 is 0 Å². The van der Waals surface area contributed by atoms with Crippen molar-refractivity contribution >= 4 is 11.5 Å². The van der Waals surface area contributed by atoms with Gasteiger partial charge in [-0.05, 0) is 12.1 Å². The number of para-hydroxylation sites is 1. The van der Waals surface area contributed by atoms with Gasteiger partial charge in [-0.1, -0.05) is 30.3 Å². The van der Waals surface area contributed by atoms with Crippen molar-refractivity contribution in [1.82, 2.24) is 0 Å². The molecule has 20 heavy (non-hydrogen) atoms. The van der Waals surface area contributed by atoms with Crippen LogP contribution in [0.15, 0.2) is 42.5 Å². The van der Waals surface area contributed by atoms with Gasteiger partial charge in [0.25, 0.3) is 0 Å². The highest BCUT2D eigenvalue weighted by molar-refractivity contribution is 6.10. The molecule has 0 aromatic heterocycles. The lowest BCUT2D eigenvalue weighted by Crippen LogP contribution is -2.09. The SMILES string of the molecule is CONc1cccc2c1C(=O)C1c3ccccc3OC21. The molecule has 0 saturated carbocycles. The van der Waals surface area contributed by atoms with Crippen LogP contribution in [0.3, 0.4) is 0 Å². The minimum Gasteiger partial charge on any atom is -0.484 e. The molecule has 4 rings (SSSR count). The maximum Gasteiger partial charge on any atom is 0.177 e. The first-order valence-electron chi connectivity index (χ1n) is 6.53. The van der Waals surface area contributed by atoms with Gasteiger partial charge in [0, 0.05) is 11.1 Å². The summed E-state index contributed by atoms with van der Waals surface area (Å²) in [6.45, 7) is 0. The van der Waals surface area contributed by atoms with Crippen LogP contribution in [0.1, 0.15) is 33.5 Å². The highest BCUT2D eigenvalue weighted by Crippen LogP contribution is 2.53. The Hall–Kier alpha value is -2.33. The molecule has 2 aromatic carbocycles. The molecule has 1 aliphatic carbocycles. The van der Waals surface area contributed by atoms with Gasteiger partial charge in [0.1, 0.15) is 11.9 Å². The van der Waals surface area contributed by atoms with Crippen molar-refractivity contribution in [1.29, 1.82) is 0 Å². The van der Waals surface area contributed by atoms with E-state index < -0.39 is 0 Å². The van der Waals surface area contributed by atoms with Crippen molar-refractivity contribution in [3.63, 3.8) is 0 Å². The molecule has 2 atom stereocenters. The maximum atomic E-state index is 12.8. The lowest BCUT2D eigenvalue weighted by molar-refractivity contribution is 0.0934. The zero-order valence-electron chi connectivity index (χ0n) is 10.9. The topological polar surface area (TPSA) is 47.6 Å². The average Bonchev–Trinajstić information content (AvgIpc) is 2.97. The smallest absolute Gasteiger partial charge is 0.177 e. The monoisotopic (exact) mass is 267 g/mol. The Kier molecular flexibility index (Phi) is 2.35. The van der Waals surface area contributed by atoms with Gasteiger partial charge in [0.05, 0.1) is 24.3 Å². The number of ketones is 1. The molecular weight excluding hydrogens is 254 g/mol. The van der Waals surface area contributed by atoms with Crippen LogP contribution in [0.4, 0.5) is 5.69 Å². The first-order valence-corrected chi connectivity index (χ1v) is 6.53. The second kappa shape index (κ2) is 4.08. The Labute approximate surface area is 116 Å². The minimum atomic E-state index is -0.235. The quantitative estimate of drug-likeness (QED) is 0.849. The van der Waals surface area contributed by atoms with E-state index >= 15 is 0 Å². The van der Waals surface area contributed by atoms with Crippen LogP contribution in [0, 0.1) is 0 Å². The number of nitrogens with one attached hydrogen (secondary N) is 1. The van der Waals surface area contributed by atoms with E-state index in [1.807, 2.05) is 42.5 Å². The third-order valence-electron chi connectivity index (χ3n) is 3.95. The molecule has 2 aliphatic rings. The predicted molar refractivity (Wildman–Crippen MR) is 74.0 cm³/mol. The van der Waals surface area contributed by atoms with Gasteiger partial charge in [-0.25, -0.2) is 0 Å². The van der Waals surface area contributed by atoms with Crippen molar-refractivity contribution in [2.45, 2.75) is 12.0 Å². The van der Waals surface area contributed by atoms with E-state index in [1.54, 1.807) is 0 Å². The Bertz CT molecular complexity index is 711. The number of carbonyl (C=O) groups excluding carboxylic acids is 1. The van der Waals surface area contributed by atoms with Crippen LogP contribution in [-0.4, -0.2) is 12.9 Å². The van der Waals surface area contributed by atoms with Crippen molar-refractivity contribution in [2.75, 3.05) is 12.6 Å². The van der Waals surface area contributed by atoms with Gasteiger partial charge in [-0.15, -0.1) is 0 Å². The Morgan fingerprint density at radius 1 is 1.10 bits per heavy atom. The zero-order valence-corrected chi connectivity index (χ0v) is 10.9. The van der Waals surface area contributed by atoms with E-state index in [-0.39, 0.29) is 17.8 Å². The first kappa shape index (κ1) is 11.5. The van der Waals surface area contributed by atoms with E-state index in [2.05, 4.69) is 5.48 Å². The summed E-state index contributed by atoms with van der Waals surface area (Å²) in [6.07, 6.45) is -0.214. The fourth-order valence-electron chi connectivity index (χ4n) is 3.17.